The van der Waals surface area contributed by atoms with Crippen LogP contribution in [0, 0.1) is 0 Å². The van der Waals surface area contributed by atoms with Crippen LogP contribution in [0.3, 0.4) is 0 Å². The number of methoxy groups -OCH3 is 1. The zero-order valence-corrected chi connectivity index (χ0v) is 10.8. The van der Waals surface area contributed by atoms with E-state index in [0.717, 1.165) is 10.9 Å². The lowest BCUT2D eigenvalue weighted by molar-refractivity contribution is 0.230. The third-order valence-corrected chi connectivity index (χ3v) is 2.67. The van der Waals surface area contributed by atoms with E-state index in [1.807, 2.05) is 26.0 Å². The number of nitrogens with zero attached hydrogens (tertiary/aromatic N) is 1. The van der Waals surface area contributed by atoms with Crippen molar-refractivity contribution in [2.24, 2.45) is 0 Å². The first kappa shape index (κ1) is 12.0. The largest absolute Gasteiger partial charge is 0.493 e. The molecule has 0 aliphatic rings. The Hall–Kier alpha value is -1.48. The summed E-state index contributed by atoms with van der Waals surface area (Å²) in [7, 11) is 1.61. The molecule has 2 rings (SSSR count). The first-order valence-electron chi connectivity index (χ1n) is 5.40. The highest BCUT2D eigenvalue weighted by atomic mass is 35.5. The standard InChI is InChI=1S/C13H14ClNO2/c1-8(2)17-13-6-9-10(14)4-5-15-11(9)7-12(13)16-3/h4-8H,1-3H3. The summed E-state index contributed by atoms with van der Waals surface area (Å²) >= 11 is 6.12. The maximum atomic E-state index is 6.12. The van der Waals surface area contributed by atoms with Gasteiger partial charge in [-0.2, -0.15) is 0 Å². The first-order valence-corrected chi connectivity index (χ1v) is 5.78. The van der Waals surface area contributed by atoms with Crippen molar-refractivity contribution in [2.45, 2.75) is 20.0 Å². The molecule has 1 aromatic carbocycles. The van der Waals surface area contributed by atoms with Crippen LogP contribution in [0.4, 0.5) is 0 Å². The quantitative estimate of drug-likeness (QED) is 0.834. The van der Waals surface area contributed by atoms with E-state index in [4.69, 9.17) is 21.1 Å². The molecule has 3 nitrogen and oxygen atoms in total. The minimum absolute atomic E-state index is 0.0804. The Balaban J connectivity index is 2.61. The minimum Gasteiger partial charge on any atom is -0.493 e. The summed E-state index contributed by atoms with van der Waals surface area (Å²) in [5, 5.41) is 1.52. The third-order valence-electron chi connectivity index (χ3n) is 2.34. The van der Waals surface area contributed by atoms with Gasteiger partial charge in [-0.3, -0.25) is 4.98 Å². The molecule has 1 heterocycles. The maximum absolute atomic E-state index is 6.12. The Labute approximate surface area is 105 Å². The van der Waals surface area contributed by atoms with Gasteiger partial charge in [0.15, 0.2) is 11.5 Å². The molecule has 0 aliphatic carbocycles. The van der Waals surface area contributed by atoms with E-state index in [1.165, 1.54) is 0 Å². The van der Waals surface area contributed by atoms with Gasteiger partial charge in [0.2, 0.25) is 0 Å². The van der Waals surface area contributed by atoms with Crippen molar-refractivity contribution in [1.82, 2.24) is 4.98 Å². The highest BCUT2D eigenvalue weighted by Crippen LogP contribution is 2.34. The van der Waals surface area contributed by atoms with Crippen LogP contribution in [-0.4, -0.2) is 18.2 Å². The van der Waals surface area contributed by atoms with Crippen molar-refractivity contribution in [1.29, 1.82) is 0 Å². The number of hydrogen-bond donors (Lipinski definition) is 0. The summed E-state index contributed by atoms with van der Waals surface area (Å²) in [4.78, 5) is 4.25. The van der Waals surface area contributed by atoms with Crippen LogP contribution in [0.25, 0.3) is 10.9 Å². The second kappa shape index (κ2) is 4.80. The molecule has 0 saturated carbocycles. The molecule has 0 N–H and O–H groups in total. The average molecular weight is 252 g/mol. The van der Waals surface area contributed by atoms with E-state index in [0.29, 0.717) is 16.5 Å². The lowest BCUT2D eigenvalue weighted by Gasteiger charge is -2.14. The molecule has 4 heteroatoms. The molecule has 0 fully saturated rings. The highest BCUT2D eigenvalue weighted by Gasteiger charge is 2.10. The molecule has 17 heavy (non-hydrogen) atoms. The molecule has 0 atom stereocenters. The van der Waals surface area contributed by atoms with E-state index >= 15 is 0 Å². The number of halogens is 1. The van der Waals surface area contributed by atoms with E-state index in [1.54, 1.807) is 19.4 Å². The molecular weight excluding hydrogens is 238 g/mol. The number of ether oxygens (including phenoxy) is 2. The molecular formula is C13H14ClNO2. The van der Waals surface area contributed by atoms with E-state index in [2.05, 4.69) is 4.98 Å². The van der Waals surface area contributed by atoms with Crippen LogP contribution in [0.1, 0.15) is 13.8 Å². The van der Waals surface area contributed by atoms with Crippen molar-refractivity contribution in [3.8, 4) is 11.5 Å². The molecule has 1 aromatic heterocycles. The smallest absolute Gasteiger partial charge is 0.162 e. The van der Waals surface area contributed by atoms with Gasteiger partial charge >= 0.3 is 0 Å². The van der Waals surface area contributed by atoms with Gasteiger partial charge in [-0.25, -0.2) is 0 Å². The molecule has 2 aromatic rings. The number of rotatable bonds is 3. The lowest BCUT2D eigenvalue weighted by atomic mass is 10.2. The lowest BCUT2D eigenvalue weighted by Crippen LogP contribution is -2.06. The molecule has 0 bridgehead atoms. The summed E-state index contributed by atoms with van der Waals surface area (Å²) in [6, 6.07) is 5.46. The van der Waals surface area contributed by atoms with Gasteiger partial charge in [-0.1, -0.05) is 11.6 Å². The Kier molecular flexibility index (Phi) is 3.38. The van der Waals surface area contributed by atoms with Crippen molar-refractivity contribution < 1.29 is 9.47 Å². The zero-order valence-electron chi connectivity index (χ0n) is 10.0. The van der Waals surface area contributed by atoms with Crippen LogP contribution in [0.5, 0.6) is 11.5 Å². The Bertz CT molecular complexity index is 540. The summed E-state index contributed by atoms with van der Waals surface area (Å²) in [5.74, 6) is 1.35. The predicted molar refractivity (Wildman–Crippen MR) is 69.1 cm³/mol. The molecule has 0 spiro atoms. The first-order chi connectivity index (χ1) is 8.11. The highest BCUT2D eigenvalue weighted by molar-refractivity contribution is 6.35. The van der Waals surface area contributed by atoms with E-state index < -0.39 is 0 Å². The van der Waals surface area contributed by atoms with Gasteiger partial charge < -0.3 is 9.47 Å². The van der Waals surface area contributed by atoms with Gasteiger partial charge in [-0.15, -0.1) is 0 Å². The normalized spacial score (nSPS) is 10.9. The van der Waals surface area contributed by atoms with Crippen LogP contribution < -0.4 is 9.47 Å². The second-order valence-electron chi connectivity index (χ2n) is 3.98. The fourth-order valence-corrected chi connectivity index (χ4v) is 1.83. The van der Waals surface area contributed by atoms with E-state index in [9.17, 15) is 0 Å². The fraction of sp³-hybridized carbons (Fsp3) is 0.308. The zero-order chi connectivity index (χ0) is 12.4. The minimum atomic E-state index is 0.0804. The van der Waals surface area contributed by atoms with Gasteiger partial charge in [0.25, 0.3) is 0 Å². The Morgan fingerprint density at radius 1 is 1.24 bits per heavy atom. The summed E-state index contributed by atoms with van der Waals surface area (Å²) in [6.45, 7) is 3.93. The number of fused-ring (bicyclic) bond motifs is 1. The summed E-state index contributed by atoms with van der Waals surface area (Å²) < 4.78 is 11.0. The molecule has 0 unspecified atom stereocenters. The van der Waals surface area contributed by atoms with Crippen molar-refractivity contribution in [3.63, 3.8) is 0 Å². The van der Waals surface area contributed by atoms with Crippen LogP contribution >= 0.6 is 11.6 Å². The second-order valence-corrected chi connectivity index (χ2v) is 4.39. The molecule has 0 amide bonds. The molecule has 0 aliphatic heterocycles. The maximum Gasteiger partial charge on any atom is 0.162 e. The van der Waals surface area contributed by atoms with E-state index in [-0.39, 0.29) is 6.10 Å². The number of hydrogen-bond acceptors (Lipinski definition) is 3. The summed E-state index contributed by atoms with van der Waals surface area (Å²) in [5.41, 5.74) is 0.797. The van der Waals surface area contributed by atoms with Crippen LogP contribution in [-0.2, 0) is 0 Å². The van der Waals surface area contributed by atoms with Crippen molar-refractivity contribution in [2.75, 3.05) is 7.11 Å². The van der Waals surface area contributed by atoms with Crippen molar-refractivity contribution >= 4 is 22.5 Å². The number of benzene rings is 1. The van der Waals surface area contributed by atoms with Gasteiger partial charge in [0, 0.05) is 17.6 Å². The number of aromatic nitrogens is 1. The Morgan fingerprint density at radius 3 is 2.65 bits per heavy atom. The van der Waals surface area contributed by atoms with Gasteiger partial charge in [0.05, 0.1) is 23.8 Å². The molecule has 0 saturated heterocycles. The van der Waals surface area contributed by atoms with Crippen molar-refractivity contribution in [3.05, 3.63) is 29.4 Å². The SMILES string of the molecule is COc1cc2nccc(Cl)c2cc1OC(C)C. The monoisotopic (exact) mass is 251 g/mol. The average Bonchev–Trinajstić information content (AvgIpc) is 2.29. The Morgan fingerprint density at radius 2 is 2.00 bits per heavy atom. The molecule has 90 valence electrons. The van der Waals surface area contributed by atoms with Crippen LogP contribution in [0.2, 0.25) is 5.02 Å². The fourth-order valence-electron chi connectivity index (χ4n) is 1.63. The number of pyridine rings is 1. The predicted octanol–water partition coefficient (Wildman–Crippen LogP) is 3.68. The molecule has 0 radical (unpaired) electrons. The topological polar surface area (TPSA) is 31.4 Å². The summed E-state index contributed by atoms with van der Waals surface area (Å²) in [6.07, 6.45) is 1.75. The van der Waals surface area contributed by atoms with Crippen LogP contribution in [0.15, 0.2) is 24.4 Å². The van der Waals surface area contributed by atoms with Gasteiger partial charge in [-0.05, 0) is 26.0 Å². The van der Waals surface area contributed by atoms with Gasteiger partial charge in [0.1, 0.15) is 0 Å². The third kappa shape index (κ3) is 2.44.